The Morgan fingerprint density at radius 1 is 1.37 bits per heavy atom. The summed E-state index contributed by atoms with van der Waals surface area (Å²) in [6, 6.07) is 4.31. The van der Waals surface area contributed by atoms with Gasteiger partial charge in [0.05, 0.1) is 10.5 Å². The second-order valence-corrected chi connectivity index (χ2v) is 10.3. The van der Waals surface area contributed by atoms with E-state index in [1.807, 2.05) is 27.7 Å². The molecule has 1 aliphatic heterocycles. The van der Waals surface area contributed by atoms with Crippen molar-refractivity contribution in [3.8, 4) is 0 Å². The highest BCUT2D eigenvalue weighted by atomic mass is 32.2. The molecular weight excluding hydrogens is 364 g/mol. The molecule has 0 saturated carbocycles. The molecule has 7 heteroatoms. The lowest BCUT2D eigenvalue weighted by Crippen LogP contribution is -2.54. The van der Waals surface area contributed by atoms with Crippen LogP contribution in [0.25, 0.3) is 0 Å². The van der Waals surface area contributed by atoms with Crippen molar-refractivity contribution < 1.29 is 18.3 Å². The number of carboxylic acids is 1. The van der Waals surface area contributed by atoms with E-state index in [0.29, 0.717) is 11.5 Å². The van der Waals surface area contributed by atoms with E-state index < -0.39 is 16.0 Å². The Bertz CT molecular complexity index is 787. The number of carbonyl (C=O) groups is 1. The highest BCUT2D eigenvalue weighted by Crippen LogP contribution is 2.27. The van der Waals surface area contributed by atoms with Gasteiger partial charge in [0.25, 0.3) is 0 Å². The largest absolute Gasteiger partial charge is 0.478 e. The van der Waals surface area contributed by atoms with Crippen LogP contribution in [-0.2, 0) is 10.0 Å². The molecule has 6 nitrogen and oxygen atoms in total. The average Bonchev–Trinajstić information content (AvgIpc) is 2.59. The lowest BCUT2D eigenvalue weighted by atomic mass is 9.94. The van der Waals surface area contributed by atoms with Crippen LogP contribution in [0, 0.1) is 5.92 Å². The van der Waals surface area contributed by atoms with Gasteiger partial charge in [0, 0.05) is 18.6 Å². The van der Waals surface area contributed by atoms with Gasteiger partial charge in [0.15, 0.2) is 0 Å². The van der Waals surface area contributed by atoms with Crippen LogP contribution in [-0.4, -0.2) is 49.6 Å². The van der Waals surface area contributed by atoms with Gasteiger partial charge in [-0.15, -0.1) is 0 Å². The third-order valence-electron chi connectivity index (χ3n) is 5.38. The minimum Gasteiger partial charge on any atom is -0.478 e. The van der Waals surface area contributed by atoms with Gasteiger partial charge in [0.1, 0.15) is 0 Å². The van der Waals surface area contributed by atoms with Crippen molar-refractivity contribution in [1.82, 2.24) is 9.62 Å². The number of likely N-dealkylation sites (tertiary alicyclic amines) is 1. The molecule has 0 bridgehead atoms. The van der Waals surface area contributed by atoms with Crippen molar-refractivity contribution in [2.24, 2.45) is 5.92 Å². The predicted molar refractivity (Wildman–Crippen MR) is 107 cm³/mol. The van der Waals surface area contributed by atoms with Crippen LogP contribution in [0.4, 0.5) is 0 Å². The molecule has 1 fully saturated rings. The molecule has 0 aromatic heterocycles. The van der Waals surface area contributed by atoms with Gasteiger partial charge in [-0.05, 0) is 62.8 Å². The van der Waals surface area contributed by atoms with Crippen molar-refractivity contribution in [1.29, 1.82) is 0 Å². The highest BCUT2D eigenvalue weighted by molar-refractivity contribution is 7.89. The quantitative estimate of drug-likeness (QED) is 0.738. The van der Waals surface area contributed by atoms with E-state index in [9.17, 15) is 18.3 Å². The number of rotatable bonds is 7. The second kappa shape index (κ2) is 8.29. The maximum Gasteiger partial charge on any atom is 0.335 e. The maximum absolute atomic E-state index is 13.0. The lowest BCUT2D eigenvalue weighted by Gasteiger charge is -2.43. The molecule has 0 amide bonds. The molecular formula is C20H32N2O4S. The SMILES string of the molecule is CC1CCCN(C(C)(C)CNS(=O)(=O)c2cc(C(=O)O)ccc2C(C)C)C1. The molecule has 1 aromatic rings. The molecule has 0 aliphatic carbocycles. The number of hydrogen-bond donors (Lipinski definition) is 2. The van der Waals surface area contributed by atoms with Crippen molar-refractivity contribution in [3.05, 3.63) is 29.3 Å². The van der Waals surface area contributed by atoms with E-state index in [1.54, 1.807) is 6.07 Å². The summed E-state index contributed by atoms with van der Waals surface area (Å²) in [6.07, 6.45) is 2.33. The summed E-state index contributed by atoms with van der Waals surface area (Å²) in [4.78, 5) is 13.7. The van der Waals surface area contributed by atoms with E-state index in [-0.39, 0.29) is 28.5 Å². The van der Waals surface area contributed by atoms with Gasteiger partial charge in [-0.3, -0.25) is 4.90 Å². The van der Waals surface area contributed by atoms with Crippen molar-refractivity contribution >= 4 is 16.0 Å². The van der Waals surface area contributed by atoms with Crippen LogP contribution in [0.5, 0.6) is 0 Å². The van der Waals surface area contributed by atoms with Crippen LogP contribution < -0.4 is 4.72 Å². The van der Waals surface area contributed by atoms with Crippen LogP contribution in [0.2, 0.25) is 0 Å². The standard InChI is InChI=1S/C20H32N2O4S/c1-14(2)17-9-8-16(19(23)24)11-18(17)27(25,26)21-13-20(4,5)22-10-6-7-15(3)12-22/h8-9,11,14-15,21H,6-7,10,12-13H2,1-5H3,(H,23,24). The molecule has 152 valence electrons. The molecule has 2 N–H and O–H groups in total. The fraction of sp³-hybridized carbons (Fsp3) is 0.650. The number of aromatic carboxylic acids is 1. The monoisotopic (exact) mass is 396 g/mol. The van der Waals surface area contributed by atoms with Crippen molar-refractivity contribution in [2.75, 3.05) is 19.6 Å². The smallest absolute Gasteiger partial charge is 0.335 e. The Morgan fingerprint density at radius 2 is 2.04 bits per heavy atom. The Hall–Kier alpha value is -1.44. The van der Waals surface area contributed by atoms with Crippen LogP contribution in [0.3, 0.4) is 0 Å². The Kier molecular flexibility index (Phi) is 6.71. The van der Waals surface area contributed by atoms with E-state index in [4.69, 9.17) is 0 Å². The number of nitrogens with zero attached hydrogens (tertiary/aromatic N) is 1. The first-order chi connectivity index (χ1) is 12.4. The first-order valence-electron chi connectivity index (χ1n) is 9.56. The van der Waals surface area contributed by atoms with Crippen molar-refractivity contribution in [2.45, 2.75) is 63.8 Å². The number of piperidine rings is 1. The minimum atomic E-state index is -3.82. The summed E-state index contributed by atoms with van der Waals surface area (Å²) in [5, 5.41) is 9.24. The molecule has 1 heterocycles. The van der Waals surface area contributed by atoms with Gasteiger partial charge in [-0.2, -0.15) is 0 Å². The highest BCUT2D eigenvalue weighted by Gasteiger charge is 2.32. The third kappa shape index (κ3) is 5.30. The summed E-state index contributed by atoms with van der Waals surface area (Å²) in [5.41, 5.74) is 0.283. The van der Waals surface area contributed by atoms with Crippen LogP contribution in [0.1, 0.15) is 69.3 Å². The summed E-state index contributed by atoms with van der Waals surface area (Å²) in [6.45, 7) is 12.3. The van der Waals surface area contributed by atoms with Gasteiger partial charge < -0.3 is 5.11 Å². The molecule has 0 spiro atoms. The maximum atomic E-state index is 13.0. The topological polar surface area (TPSA) is 86.7 Å². The minimum absolute atomic E-state index is 0.0242. The molecule has 2 rings (SSSR count). The average molecular weight is 397 g/mol. The Morgan fingerprint density at radius 3 is 2.59 bits per heavy atom. The summed E-state index contributed by atoms with van der Waals surface area (Å²) in [7, 11) is -3.82. The molecule has 1 atom stereocenters. The number of sulfonamides is 1. The van der Waals surface area contributed by atoms with E-state index >= 15 is 0 Å². The van der Waals surface area contributed by atoms with Crippen LogP contribution >= 0.6 is 0 Å². The summed E-state index contributed by atoms with van der Waals surface area (Å²) >= 11 is 0. The zero-order valence-corrected chi connectivity index (χ0v) is 17.8. The normalized spacial score (nSPS) is 19.4. The molecule has 1 unspecified atom stereocenters. The predicted octanol–water partition coefficient (Wildman–Crippen LogP) is 3.30. The molecule has 1 aromatic carbocycles. The Labute approximate surface area is 163 Å². The third-order valence-corrected chi connectivity index (χ3v) is 6.84. The van der Waals surface area contributed by atoms with E-state index in [0.717, 1.165) is 19.5 Å². The summed E-state index contributed by atoms with van der Waals surface area (Å²) in [5.74, 6) is -0.561. The number of hydrogen-bond acceptors (Lipinski definition) is 4. The second-order valence-electron chi connectivity index (χ2n) is 8.54. The van der Waals surface area contributed by atoms with Gasteiger partial charge >= 0.3 is 5.97 Å². The number of benzene rings is 1. The summed E-state index contributed by atoms with van der Waals surface area (Å²) < 4.78 is 28.7. The molecule has 1 saturated heterocycles. The zero-order chi connectivity index (χ0) is 20.4. The van der Waals surface area contributed by atoms with Crippen LogP contribution in [0.15, 0.2) is 23.1 Å². The molecule has 1 aliphatic rings. The van der Waals surface area contributed by atoms with Gasteiger partial charge in [-0.25, -0.2) is 17.9 Å². The number of carboxylic acid groups (broad SMARTS) is 1. The lowest BCUT2D eigenvalue weighted by molar-refractivity contribution is 0.0696. The first kappa shape index (κ1) is 21.9. The fourth-order valence-corrected chi connectivity index (χ4v) is 5.17. The molecule has 27 heavy (non-hydrogen) atoms. The van der Waals surface area contributed by atoms with E-state index in [1.165, 1.54) is 18.6 Å². The van der Waals surface area contributed by atoms with Gasteiger partial charge in [-0.1, -0.05) is 26.8 Å². The zero-order valence-electron chi connectivity index (χ0n) is 16.9. The Balaban J connectivity index is 2.25. The first-order valence-corrected chi connectivity index (χ1v) is 11.0. The van der Waals surface area contributed by atoms with Crippen molar-refractivity contribution in [3.63, 3.8) is 0 Å². The molecule has 0 radical (unpaired) electrons. The van der Waals surface area contributed by atoms with E-state index in [2.05, 4.69) is 16.5 Å². The van der Waals surface area contributed by atoms with Gasteiger partial charge in [0.2, 0.25) is 10.0 Å². The number of nitrogens with one attached hydrogen (secondary N) is 1. The fourth-order valence-electron chi connectivity index (χ4n) is 3.58.